The van der Waals surface area contributed by atoms with Crippen LogP contribution in [0.5, 0.6) is 0 Å². The highest BCUT2D eigenvalue weighted by molar-refractivity contribution is 5.70. The summed E-state index contributed by atoms with van der Waals surface area (Å²) in [6.07, 6.45) is 28.5. The van der Waals surface area contributed by atoms with Crippen molar-refractivity contribution >= 4 is 11.9 Å². The van der Waals surface area contributed by atoms with Crippen LogP contribution in [0.2, 0.25) is 0 Å². The van der Waals surface area contributed by atoms with Crippen LogP contribution >= 0.6 is 0 Å². The maximum atomic E-state index is 12.0. The third-order valence-corrected chi connectivity index (χ3v) is 6.78. The second-order valence-electron chi connectivity index (χ2n) is 10.6. The molecule has 0 amide bonds. The van der Waals surface area contributed by atoms with Gasteiger partial charge in [0.1, 0.15) is 12.7 Å². The molecule has 0 bridgehead atoms. The van der Waals surface area contributed by atoms with E-state index in [2.05, 4.69) is 13.8 Å². The summed E-state index contributed by atoms with van der Waals surface area (Å²) in [5, 5.41) is 0. The second kappa shape index (κ2) is 27.5. The van der Waals surface area contributed by atoms with Gasteiger partial charge in [0, 0.05) is 12.8 Å². The van der Waals surface area contributed by atoms with Gasteiger partial charge in [-0.1, -0.05) is 142 Å². The first kappa shape index (κ1) is 33.9. The maximum absolute atomic E-state index is 12.0. The highest BCUT2D eigenvalue weighted by atomic mass is 16.6. The summed E-state index contributed by atoms with van der Waals surface area (Å²) in [6.45, 7) is 6.48. The zero-order chi connectivity index (χ0) is 25.8. The highest BCUT2D eigenvalue weighted by Gasteiger charge is 2.12. The summed E-state index contributed by atoms with van der Waals surface area (Å²) in [5.41, 5.74) is 0. The van der Waals surface area contributed by atoms with Gasteiger partial charge in [-0.3, -0.25) is 9.59 Å². The standard InChI is InChI=1S/C31H60O4/c1-4-6-8-10-12-14-16-18-20-22-24-26-30(32)34-28-29(3)35-31(33)27-25-23-21-19-17-15-13-11-9-7-5-2/h29H,4-28H2,1-3H3. The lowest BCUT2D eigenvalue weighted by atomic mass is 10.1. The molecule has 1 atom stereocenters. The minimum absolute atomic E-state index is 0.168. The fourth-order valence-electron chi connectivity index (χ4n) is 4.47. The molecule has 0 radical (unpaired) electrons. The van der Waals surface area contributed by atoms with Crippen molar-refractivity contribution in [2.75, 3.05) is 6.61 Å². The summed E-state index contributed by atoms with van der Waals surface area (Å²) < 4.78 is 10.7. The van der Waals surface area contributed by atoms with Gasteiger partial charge >= 0.3 is 11.9 Å². The van der Waals surface area contributed by atoms with Gasteiger partial charge in [-0.25, -0.2) is 0 Å². The Balaban J connectivity index is 3.43. The Morgan fingerprint density at radius 2 is 0.800 bits per heavy atom. The van der Waals surface area contributed by atoms with E-state index < -0.39 is 0 Å². The minimum atomic E-state index is -0.364. The topological polar surface area (TPSA) is 52.6 Å². The summed E-state index contributed by atoms with van der Waals surface area (Å²) in [7, 11) is 0. The first-order valence-electron chi connectivity index (χ1n) is 15.4. The van der Waals surface area contributed by atoms with Gasteiger partial charge in [0.05, 0.1) is 0 Å². The quantitative estimate of drug-likeness (QED) is 0.0838. The normalized spacial score (nSPS) is 12.0. The zero-order valence-electron chi connectivity index (χ0n) is 23.9. The van der Waals surface area contributed by atoms with E-state index in [1.807, 2.05) is 0 Å². The number of ether oxygens (including phenoxy) is 2. The van der Waals surface area contributed by atoms with Gasteiger partial charge in [0.25, 0.3) is 0 Å². The average molecular weight is 497 g/mol. The lowest BCUT2D eigenvalue weighted by molar-refractivity contribution is -0.158. The Hall–Kier alpha value is -1.06. The number of esters is 2. The smallest absolute Gasteiger partial charge is 0.306 e. The van der Waals surface area contributed by atoms with Crippen molar-refractivity contribution < 1.29 is 19.1 Å². The Morgan fingerprint density at radius 3 is 1.17 bits per heavy atom. The predicted molar refractivity (Wildman–Crippen MR) is 149 cm³/mol. The number of carbonyl (C=O) groups excluding carboxylic acids is 2. The van der Waals surface area contributed by atoms with Crippen LogP contribution < -0.4 is 0 Å². The molecule has 1 unspecified atom stereocenters. The Morgan fingerprint density at radius 1 is 0.486 bits per heavy atom. The van der Waals surface area contributed by atoms with Gasteiger partial charge in [-0.15, -0.1) is 0 Å². The molecule has 0 aromatic carbocycles. The molecule has 0 heterocycles. The third kappa shape index (κ3) is 27.4. The average Bonchev–Trinajstić information content (AvgIpc) is 2.84. The SMILES string of the molecule is CCCCCCCCCCCCCC(=O)OCC(C)OC(=O)CCCCCCCCCCCCC. The molecular weight excluding hydrogens is 436 g/mol. The van der Waals surface area contributed by atoms with Crippen molar-refractivity contribution in [2.24, 2.45) is 0 Å². The third-order valence-electron chi connectivity index (χ3n) is 6.78. The Kier molecular flexibility index (Phi) is 26.7. The van der Waals surface area contributed by atoms with E-state index in [9.17, 15) is 9.59 Å². The molecule has 0 saturated carbocycles. The molecule has 208 valence electrons. The van der Waals surface area contributed by atoms with Crippen molar-refractivity contribution in [3.63, 3.8) is 0 Å². The largest absolute Gasteiger partial charge is 0.462 e. The van der Waals surface area contributed by atoms with Crippen LogP contribution in [-0.4, -0.2) is 24.6 Å². The number of hydrogen-bond donors (Lipinski definition) is 0. The molecule has 0 aliphatic heterocycles. The van der Waals surface area contributed by atoms with Gasteiger partial charge in [0.2, 0.25) is 0 Å². The van der Waals surface area contributed by atoms with E-state index in [1.165, 1.54) is 116 Å². The van der Waals surface area contributed by atoms with E-state index in [0.29, 0.717) is 12.8 Å². The fourth-order valence-corrected chi connectivity index (χ4v) is 4.47. The molecule has 4 heteroatoms. The van der Waals surface area contributed by atoms with E-state index in [1.54, 1.807) is 6.92 Å². The van der Waals surface area contributed by atoms with Crippen LogP contribution in [-0.2, 0) is 19.1 Å². The van der Waals surface area contributed by atoms with Crippen LogP contribution in [0.15, 0.2) is 0 Å². The molecule has 0 aliphatic rings. The van der Waals surface area contributed by atoms with Crippen molar-refractivity contribution in [1.29, 1.82) is 0 Å². The number of carbonyl (C=O) groups is 2. The summed E-state index contributed by atoms with van der Waals surface area (Å²) in [4.78, 5) is 23.9. The van der Waals surface area contributed by atoms with E-state index in [0.717, 1.165) is 25.7 Å². The first-order chi connectivity index (χ1) is 17.1. The summed E-state index contributed by atoms with van der Waals surface area (Å²) >= 11 is 0. The van der Waals surface area contributed by atoms with Crippen LogP contribution in [0.1, 0.15) is 175 Å². The molecular formula is C31H60O4. The van der Waals surface area contributed by atoms with E-state index in [-0.39, 0.29) is 24.6 Å². The molecule has 35 heavy (non-hydrogen) atoms. The molecule has 0 rings (SSSR count). The zero-order valence-corrected chi connectivity index (χ0v) is 23.9. The molecule has 0 fully saturated rings. The van der Waals surface area contributed by atoms with Crippen molar-refractivity contribution in [3.05, 3.63) is 0 Å². The monoisotopic (exact) mass is 496 g/mol. The number of unbranched alkanes of at least 4 members (excludes halogenated alkanes) is 20. The van der Waals surface area contributed by atoms with Gasteiger partial charge < -0.3 is 9.47 Å². The van der Waals surface area contributed by atoms with Crippen molar-refractivity contribution in [2.45, 2.75) is 181 Å². The maximum Gasteiger partial charge on any atom is 0.306 e. The molecule has 0 N–H and O–H groups in total. The van der Waals surface area contributed by atoms with Crippen molar-refractivity contribution in [3.8, 4) is 0 Å². The lowest BCUT2D eigenvalue weighted by Crippen LogP contribution is -2.22. The molecule has 0 aromatic heterocycles. The van der Waals surface area contributed by atoms with Gasteiger partial charge in [0.15, 0.2) is 0 Å². The molecule has 0 spiro atoms. The Bertz CT molecular complexity index is 463. The fraction of sp³-hybridized carbons (Fsp3) is 0.935. The number of hydrogen-bond acceptors (Lipinski definition) is 4. The Labute approximate surface area is 218 Å². The van der Waals surface area contributed by atoms with Crippen LogP contribution in [0.4, 0.5) is 0 Å². The summed E-state index contributed by atoms with van der Waals surface area (Å²) in [6, 6.07) is 0. The molecule has 0 aromatic rings. The van der Waals surface area contributed by atoms with Crippen LogP contribution in [0.3, 0.4) is 0 Å². The molecule has 4 nitrogen and oxygen atoms in total. The second-order valence-corrected chi connectivity index (χ2v) is 10.6. The predicted octanol–water partition coefficient (Wildman–Crippen LogP) is 9.86. The number of rotatable bonds is 27. The minimum Gasteiger partial charge on any atom is -0.462 e. The van der Waals surface area contributed by atoms with E-state index in [4.69, 9.17) is 9.47 Å². The van der Waals surface area contributed by atoms with Crippen molar-refractivity contribution in [1.82, 2.24) is 0 Å². The van der Waals surface area contributed by atoms with Crippen LogP contribution in [0, 0.1) is 0 Å². The lowest BCUT2D eigenvalue weighted by Gasteiger charge is -2.13. The van der Waals surface area contributed by atoms with Gasteiger partial charge in [-0.2, -0.15) is 0 Å². The highest BCUT2D eigenvalue weighted by Crippen LogP contribution is 2.14. The molecule has 0 aliphatic carbocycles. The van der Waals surface area contributed by atoms with E-state index >= 15 is 0 Å². The molecule has 0 saturated heterocycles. The first-order valence-corrected chi connectivity index (χ1v) is 15.4. The van der Waals surface area contributed by atoms with Crippen LogP contribution in [0.25, 0.3) is 0 Å². The van der Waals surface area contributed by atoms with Gasteiger partial charge in [-0.05, 0) is 19.8 Å². The summed E-state index contributed by atoms with van der Waals surface area (Å²) in [5.74, 6) is -0.343.